The van der Waals surface area contributed by atoms with Gasteiger partial charge in [0.05, 0.1) is 6.04 Å². The number of carbonyl (C=O) groups is 1. The molecule has 8 heteroatoms. The van der Waals surface area contributed by atoms with Crippen molar-refractivity contribution in [3.05, 3.63) is 68.0 Å². The highest BCUT2D eigenvalue weighted by Gasteiger charge is 2.18. The van der Waals surface area contributed by atoms with E-state index in [9.17, 15) is 14.4 Å². The summed E-state index contributed by atoms with van der Waals surface area (Å²) in [5.41, 5.74) is -0.207. The van der Waals surface area contributed by atoms with E-state index < -0.39 is 11.2 Å². The highest BCUT2D eigenvalue weighted by atomic mass is 35.5. The van der Waals surface area contributed by atoms with Crippen LogP contribution in [0.25, 0.3) is 0 Å². The molecule has 128 valence electrons. The Hall–Kier alpha value is -2.38. The molecule has 0 saturated carbocycles. The molecule has 1 amide bonds. The highest BCUT2D eigenvalue weighted by Crippen LogP contribution is 2.25. The molecule has 0 spiro atoms. The van der Waals surface area contributed by atoms with Crippen molar-refractivity contribution < 1.29 is 4.79 Å². The Labute approximate surface area is 143 Å². The molecule has 0 saturated heterocycles. The molecule has 0 radical (unpaired) electrons. The van der Waals surface area contributed by atoms with Gasteiger partial charge in [-0.1, -0.05) is 29.8 Å². The van der Waals surface area contributed by atoms with Crippen molar-refractivity contribution in [2.24, 2.45) is 0 Å². The number of amides is 1. The minimum Gasteiger partial charge on any atom is -0.353 e. The maximum atomic E-state index is 12.1. The van der Waals surface area contributed by atoms with Crippen LogP contribution in [-0.4, -0.2) is 41.0 Å². The maximum absolute atomic E-state index is 12.1. The van der Waals surface area contributed by atoms with Crippen molar-refractivity contribution in [1.82, 2.24) is 19.8 Å². The van der Waals surface area contributed by atoms with Gasteiger partial charge in [-0.05, 0) is 25.7 Å². The molecule has 2 N–H and O–H groups in total. The largest absolute Gasteiger partial charge is 0.353 e. The number of hydrogen-bond donors (Lipinski definition) is 2. The lowest BCUT2D eigenvalue weighted by atomic mass is 10.1. The molecule has 1 aromatic carbocycles. The molecule has 0 aliphatic carbocycles. The van der Waals surface area contributed by atoms with Crippen LogP contribution in [0.2, 0.25) is 5.02 Å². The number of halogens is 1. The number of hydrogen-bond acceptors (Lipinski definition) is 4. The lowest BCUT2D eigenvalue weighted by Crippen LogP contribution is -2.39. The SMILES string of the molecule is CN(C)[C@H](CNC(=O)Cn1ccc(=O)[nH]c1=O)c1ccccc1Cl. The molecule has 0 unspecified atom stereocenters. The maximum Gasteiger partial charge on any atom is 0.328 e. The smallest absolute Gasteiger partial charge is 0.328 e. The number of rotatable bonds is 6. The summed E-state index contributed by atoms with van der Waals surface area (Å²) in [5.74, 6) is -0.331. The monoisotopic (exact) mass is 350 g/mol. The average Bonchev–Trinajstić information content (AvgIpc) is 2.51. The molecule has 1 heterocycles. The first-order valence-corrected chi connectivity index (χ1v) is 7.73. The van der Waals surface area contributed by atoms with Gasteiger partial charge in [0.15, 0.2) is 0 Å². The number of aromatic nitrogens is 2. The molecule has 2 rings (SSSR count). The van der Waals surface area contributed by atoms with Crippen LogP contribution in [0, 0.1) is 0 Å². The van der Waals surface area contributed by atoms with E-state index in [-0.39, 0.29) is 18.5 Å². The van der Waals surface area contributed by atoms with E-state index in [1.54, 1.807) is 6.07 Å². The van der Waals surface area contributed by atoms with E-state index in [0.717, 1.165) is 10.1 Å². The summed E-state index contributed by atoms with van der Waals surface area (Å²) in [6.45, 7) is 0.173. The minimum atomic E-state index is -0.618. The number of H-pyrrole nitrogens is 1. The summed E-state index contributed by atoms with van der Waals surface area (Å²) in [6.07, 6.45) is 1.29. The van der Waals surface area contributed by atoms with Crippen LogP contribution in [0.4, 0.5) is 0 Å². The number of nitrogens with one attached hydrogen (secondary N) is 2. The van der Waals surface area contributed by atoms with Gasteiger partial charge in [-0.25, -0.2) is 4.79 Å². The van der Waals surface area contributed by atoms with Gasteiger partial charge in [0.1, 0.15) is 6.54 Å². The lowest BCUT2D eigenvalue weighted by Gasteiger charge is -2.26. The predicted octanol–water partition coefficient (Wildman–Crippen LogP) is 0.609. The first-order valence-electron chi connectivity index (χ1n) is 7.36. The van der Waals surface area contributed by atoms with Crippen LogP contribution in [-0.2, 0) is 11.3 Å². The van der Waals surface area contributed by atoms with Crippen LogP contribution in [0.1, 0.15) is 11.6 Å². The number of likely N-dealkylation sites (N-methyl/N-ethyl adjacent to an activating group) is 1. The Morgan fingerprint density at radius 3 is 2.62 bits per heavy atom. The molecule has 1 aromatic heterocycles. The van der Waals surface area contributed by atoms with Crippen molar-refractivity contribution in [2.45, 2.75) is 12.6 Å². The second-order valence-corrected chi connectivity index (χ2v) is 5.95. The number of nitrogens with zero attached hydrogens (tertiary/aromatic N) is 2. The Kier molecular flexibility index (Phi) is 5.94. The van der Waals surface area contributed by atoms with Gasteiger partial charge in [0.2, 0.25) is 5.91 Å². The fourth-order valence-corrected chi connectivity index (χ4v) is 2.57. The molecule has 1 atom stereocenters. The summed E-state index contributed by atoms with van der Waals surface area (Å²) >= 11 is 6.23. The first-order chi connectivity index (χ1) is 11.4. The molecule has 0 aliphatic rings. The van der Waals surface area contributed by atoms with Crippen LogP contribution in [0.3, 0.4) is 0 Å². The van der Waals surface area contributed by atoms with E-state index in [1.165, 1.54) is 12.3 Å². The second-order valence-electron chi connectivity index (χ2n) is 5.54. The van der Waals surface area contributed by atoms with E-state index >= 15 is 0 Å². The zero-order chi connectivity index (χ0) is 17.7. The zero-order valence-electron chi connectivity index (χ0n) is 13.5. The van der Waals surface area contributed by atoms with E-state index in [4.69, 9.17) is 11.6 Å². The molecule has 24 heavy (non-hydrogen) atoms. The molecule has 0 bridgehead atoms. The Morgan fingerprint density at radius 2 is 2.00 bits per heavy atom. The van der Waals surface area contributed by atoms with Crippen molar-refractivity contribution in [3.8, 4) is 0 Å². The number of carbonyl (C=O) groups excluding carboxylic acids is 1. The Bertz CT molecular complexity index is 828. The third-order valence-corrected chi connectivity index (χ3v) is 3.94. The van der Waals surface area contributed by atoms with Gasteiger partial charge in [0, 0.05) is 23.8 Å². The molecule has 2 aromatic rings. The van der Waals surface area contributed by atoms with Crippen molar-refractivity contribution in [2.75, 3.05) is 20.6 Å². The zero-order valence-corrected chi connectivity index (χ0v) is 14.2. The summed E-state index contributed by atoms with van der Waals surface area (Å²) in [6, 6.07) is 8.54. The predicted molar refractivity (Wildman–Crippen MR) is 92.2 cm³/mol. The standard InChI is InChI=1S/C16H19ClN4O3/c1-20(2)13(11-5-3-4-6-12(11)17)9-18-15(23)10-21-8-7-14(22)19-16(21)24/h3-8,13H,9-10H2,1-2H3,(H,18,23)(H,19,22,24)/t13-/m1/s1. The van der Waals surface area contributed by atoms with Crippen molar-refractivity contribution >= 4 is 17.5 Å². The van der Waals surface area contributed by atoms with Crippen LogP contribution >= 0.6 is 11.6 Å². The molecule has 0 fully saturated rings. The third-order valence-electron chi connectivity index (χ3n) is 3.59. The fraction of sp³-hybridized carbons (Fsp3) is 0.312. The summed E-state index contributed by atoms with van der Waals surface area (Å²) in [5, 5.41) is 3.42. The van der Waals surface area contributed by atoms with Gasteiger partial charge in [-0.2, -0.15) is 0 Å². The molecular weight excluding hydrogens is 332 g/mol. The number of aromatic amines is 1. The minimum absolute atomic E-state index is 0.102. The summed E-state index contributed by atoms with van der Waals surface area (Å²) in [7, 11) is 3.79. The average molecular weight is 351 g/mol. The van der Waals surface area contributed by atoms with Gasteiger partial charge in [-0.3, -0.25) is 19.1 Å². The Morgan fingerprint density at radius 1 is 1.29 bits per heavy atom. The van der Waals surface area contributed by atoms with E-state index in [2.05, 4.69) is 10.3 Å². The van der Waals surface area contributed by atoms with Crippen molar-refractivity contribution in [1.29, 1.82) is 0 Å². The topological polar surface area (TPSA) is 87.2 Å². The van der Waals surface area contributed by atoms with E-state index in [0.29, 0.717) is 11.6 Å². The third kappa shape index (κ3) is 4.56. The quantitative estimate of drug-likeness (QED) is 0.799. The van der Waals surface area contributed by atoms with Gasteiger partial charge < -0.3 is 10.2 Å². The van der Waals surface area contributed by atoms with Gasteiger partial charge >= 0.3 is 5.69 Å². The van der Waals surface area contributed by atoms with Gasteiger partial charge in [-0.15, -0.1) is 0 Å². The second kappa shape index (κ2) is 7.94. The summed E-state index contributed by atoms with van der Waals surface area (Å²) < 4.78 is 1.14. The normalized spacial score (nSPS) is 12.2. The fourth-order valence-electron chi connectivity index (χ4n) is 2.31. The van der Waals surface area contributed by atoms with E-state index in [1.807, 2.05) is 37.2 Å². The lowest BCUT2D eigenvalue weighted by molar-refractivity contribution is -0.121. The molecular formula is C16H19ClN4O3. The molecule has 7 nitrogen and oxygen atoms in total. The van der Waals surface area contributed by atoms with Gasteiger partial charge in [0.25, 0.3) is 5.56 Å². The van der Waals surface area contributed by atoms with Crippen LogP contribution in [0.15, 0.2) is 46.1 Å². The highest BCUT2D eigenvalue weighted by molar-refractivity contribution is 6.31. The number of benzene rings is 1. The first kappa shape index (κ1) is 18.0. The molecule has 0 aliphatic heterocycles. The van der Waals surface area contributed by atoms with Crippen LogP contribution in [0.5, 0.6) is 0 Å². The Balaban J connectivity index is 2.04. The van der Waals surface area contributed by atoms with Crippen LogP contribution < -0.4 is 16.6 Å². The van der Waals surface area contributed by atoms with Crippen molar-refractivity contribution in [3.63, 3.8) is 0 Å². The summed E-state index contributed by atoms with van der Waals surface area (Å²) in [4.78, 5) is 38.7.